The number of nitrogens with two attached hydrogens (primary N) is 1. The van der Waals surface area contributed by atoms with Crippen molar-refractivity contribution >= 4 is 5.91 Å². The number of amides is 1. The predicted octanol–water partition coefficient (Wildman–Crippen LogP) is 3.07. The lowest BCUT2D eigenvalue weighted by molar-refractivity contribution is -0.119. The summed E-state index contributed by atoms with van der Waals surface area (Å²) in [4.78, 5) is 15.3. The van der Waals surface area contributed by atoms with Gasteiger partial charge in [-0.1, -0.05) is 23.4 Å². The molecule has 8 heteroatoms. The van der Waals surface area contributed by atoms with Crippen molar-refractivity contribution in [1.29, 1.82) is 0 Å². The second-order valence-electron chi connectivity index (χ2n) is 6.50. The SMILES string of the molecule is Cc1nn(-c2ccccc2)c(C)c1-c1nc(-c2ccc(OCC(N)=O)cc2)no1. The van der Waals surface area contributed by atoms with Crippen molar-refractivity contribution in [3.8, 4) is 34.3 Å². The van der Waals surface area contributed by atoms with Gasteiger partial charge in [-0.05, 0) is 50.2 Å². The lowest BCUT2D eigenvalue weighted by atomic mass is 10.2. The number of ether oxygens (including phenoxy) is 1. The van der Waals surface area contributed by atoms with Crippen molar-refractivity contribution in [1.82, 2.24) is 19.9 Å². The van der Waals surface area contributed by atoms with Crippen LogP contribution in [0, 0.1) is 13.8 Å². The molecule has 0 aliphatic heterocycles. The highest BCUT2D eigenvalue weighted by Gasteiger charge is 2.20. The van der Waals surface area contributed by atoms with Crippen LogP contribution in [0.2, 0.25) is 0 Å². The van der Waals surface area contributed by atoms with E-state index in [2.05, 4.69) is 15.2 Å². The third kappa shape index (κ3) is 3.73. The van der Waals surface area contributed by atoms with Gasteiger partial charge in [-0.15, -0.1) is 0 Å². The first kappa shape index (κ1) is 18.4. The Morgan fingerprint density at radius 3 is 2.52 bits per heavy atom. The maximum absolute atomic E-state index is 10.8. The van der Waals surface area contributed by atoms with Gasteiger partial charge >= 0.3 is 0 Å². The van der Waals surface area contributed by atoms with E-state index in [1.807, 2.05) is 48.9 Å². The molecule has 0 atom stereocenters. The number of primary amides is 1. The van der Waals surface area contributed by atoms with Gasteiger partial charge in [0.1, 0.15) is 5.75 Å². The summed E-state index contributed by atoms with van der Waals surface area (Å²) < 4.78 is 12.6. The van der Waals surface area contributed by atoms with Gasteiger partial charge in [0.05, 0.1) is 22.6 Å². The van der Waals surface area contributed by atoms with Gasteiger partial charge in [0.15, 0.2) is 6.61 Å². The molecule has 0 saturated carbocycles. The fourth-order valence-electron chi connectivity index (χ4n) is 3.07. The number of carbonyl (C=O) groups excluding carboxylic acids is 1. The Balaban J connectivity index is 1.61. The third-order valence-electron chi connectivity index (χ3n) is 4.43. The molecule has 0 radical (unpaired) electrons. The molecule has 0 bridgehead atoms. The smallest absolute Gasteiger partial charge is 0.262 e. The molecule has 29 heavy (non-hydrogen) atoms. The Labute approximate surface area is 166 Å². The summed E-state index contributed by atoms with van der Waals surface area (Å²) in [5.41, 5.74) is 9.34. The van der Waals surface area contributed by atoms with Crippen molar-refractivity contribution in [3.63, 3.8) is 0 Å². The molecule has 0 aliphatic rings. The molecule has 4 rings (SSSR count). The topological polar surface area (TPSA) is 109 Å². The summed E-state index contributed by atoms with van der Waals surface area (Å²) in [5.74, 6) is 0.865. The van der Waals surface area contributed by atoms with Crippen molar-refractivity contribution in [2.24, 2.45) is 5.73 Å². The molecular weight excluding hydrogens is 370 g/mol. The molecule has 2 N–H and O–H groups in total. The van der Waals surface area contributed by atoms with Gasteiger partial charge in [0, 0.05) is 5.56 Å². The molecule has 146 valence electrons. The molecule has 2 aromatic carbocycles. The zero-order valence-corrected chi connectivity index (χ0v) is 16.0. The summed E-state index contributed by atoms with van der Waals surface area (Å²) in [7, 11) is 0. The number of nitrogens with zero attached hydrogens (tertiary/aromatic N) is 4. The molecule has 1 amide bonds. The van der Waals surface area contributed by atoms with E-state index in [0.717, 1.165) is 28.2 Å². The van der Waals surface area contributed by atoms with Gasteiger partial charge in [-0.3, -0.25) is 4.79 Å². The van der Waals surface area contributed by atoms with Gasteiger partial charge < -0.3 is 15.0 Å². The molecule has 0 aliphatic carbocycles. The molecular formula is C21H19N5O3. The van der Waals surface area contributed by atoms with Crippen LogP contribution in [0.25, 0.3) is 28.5 Å². The van der Waals surface area contributed by atoms with Crippen LogP contribution in [0.5, 0.6) is 5.75 Å². The van der Waals surface area contributed by atoms with E-state index < -0.39 is 5.91 Å². The molecule has 4 aromatic rings. The average molecular weight is 389 g/mol. The number of benzene rings is 2. The summed E-state index contributed by atoms with van der Waals surface area (Å²) in [6, 6.07) is 16.9. The largest absolute Gasteiger partial charge is 0.484 e. The number of carbonyl (C=O) groups is 1. The molecule has 0 unspecified atom stereocenters. The van der Waals surface area contributed by atoms with Crippen LogP contribution in [0.1, 0.15) is 11.4 Å². The minimum atomic E-state index is -0.529. The highest BCUT2D eigenvalue weighted by atomic mass is 16.5. The minimum Gasteiger partial charge on any atom is -0.484 e. The lowest BCUT2D eigenvalue weighted by Gasteiger charge is -2.03. The second-order valence-corrected chi connectivity index (χ2v) is 6.50. The van der Waals surface area contributed by atoms with Crippen molar-refractivity contribution in [3.05, 3.63) is 66.0 Å². The highest BCUT2D eigenvalue weighted by Crippen LogP contribution is 2.29. The zero-order valence-electron chi connectivity index (χ0n) is 16.0. The van der Waals surface area contributed by atoms with Crippen LogP contribution in [0.4, 0.5) is 0 Å². The van der Waals surface area contributed by atoms with Crippen LogP contribution < -0.4 is 10.5 Å². The highest BCUT2D eigenvalue weighted by molar-refractivity contribution is 5.75. The molecule has 0 spiro atoms. The van der Waals surface area contributed by atoms with Crippen LogP contribution in [0.3, 0.4) is 0 Å². The minimum absolute atomic E-state index is 0.171. The fourth-order valence-corrected chi connectivity index (χ4v) is 3.07. The lowest BCUT2D eigenvalue weighted by Crippen LogP contribution is -2.19. The first-order valence-corrected chi connectivity index (χ1v) is 9.00. The Bertz CT molecular complexity index is 1150. The van der Waals surface area contributed by atoms with E-state index in [1.54, 1.807) is 24.3 Å². The molecule has 0 saturated heterocycles. The molecule has 2 heterocycles. The Kier molecular flexibility index (Phi) is 4.82. The first-order valence-electron chi connectivity index (χ1n) is 9.00. The Morgan fingerprint density at radius 1 is 1.10 bits per heavy atom. The summed E-state index contributed by atoms with van der Waals surface area (Å²) >= 11 is 0. The standard InChI is InChI=1S/C21H19N5O3/c1-13-19(14(2)26(24-13)16-6-4-3-5-7-16)21-23-20(25-29-21)15-8-10-17(11-9-15)28-12-18(22)27/h3-11H,12H2,1-2H3,(H2,22,27). The first-order chi connectivity index (χ1) is 14.0. The van der Waals surface area contributed by atoms with E-state index in [-0.39, 0.29) is 6.61 Å². The molecule has 0 fully saturated rings. The number of rotatable bonds is 6. The van der Waals surface area contributed by atoms with Crippen LogP contribution in [-0.2, 0) is 4.79 Å². The summed E-state index contributed by atoms with van der Waals surface area (Å²) in [6.07, 6.45) is 0. The average Bonchev–Trinajstić information content (AvgIpc) is 3.31. The predicted molar refractivity (Wildman–Crippen MR) is 106 cm³/mol. The number of hydrogen-bond acceptors (Lipinski definition) is 6. The van der Waals surface area contributed by atoms with E-state index in [0.29, 0.717) is 17.5 Å². The number of hydrogen-bond donors (Lipinski definition) is 1. The van der Waals surface area contributed by atoms with Crippen LogP contribution in [0.15, 0.2) is 59.1 Å². The van der Waals surface area contributed by atoms with Crippen molar-refractivity contribution < 1.29 is 14.1 Å². The zero-order chi connectivity index (χ0) is 20.4. The summed E-state index contributed by atoms with van der Waals surface area (Å²) in [5, 5.41) is 8.71. The number of para-hydroxylation sites is 1. The monoisotopic (exact) mass is 389 g/mol. The van der Waals surface area contributed by atoms with E-state index in [1.165, 1.54) is 0 Å². The van der Waals surface area contributed by atoms with Crippen molar-refractivity contribution in [2.45, 2.75) is 13.8 Å². The van der Waals surface area contributed by atoms with Crippen molar-refractivity contribution in [2.75, 3.05) is 6.61 Å². The number of aryl methyl sites for hydroxylation is 1. The van der Waals surface area contributed by atoms with Gasteiger partial charge in [0.25, 0.3) is 11.8 Å². The van der Waals surface area contributed by atoms with Gasteiger partial charge in [-0.25, -0.2) is 4.68 Å². The van der Waals surface area contributed by atoms with Crippen LogP contribution >= 0.6 is 0 Å². The van der Waals surface area contributed by atoms with Gasteiger partial charge in [-0.2, -0.15) is 10.1 Å². The van der Waals surface area contributed by atoms with E-state index in [4.69, 9.17) is 15.0 Å². The summed E-state index contributed by atoms with van der Waals surface area (Å²) in [6.45, 7) is 3.71. The van der Waals surface area contributed by atoms with Crippen LogP contribution in [-0.4, -0.2) is 32.4 Å². The molecule has 2 aromatic heterocycles. The maximum Gasteiger partial charge on any atom is 0.262 e. The van der Waals surface area contributed by atoms with Gasteiger partial charge in [0.2, 0.25) is 5.82 Å². The maximum atomic E-state index is 10.8. The van der Waals surface area contributed by atoms with E-state index >= 15 is 0 Å². The Hall–Kier alpha value is -3.94. The fraction of sp³-hybridized carbons (Fsp3) is 0.143. The van der Waals surface area contributed by atoms with E-state index in [9.17, 15) is 4.79 Å². The second kappa shape index (κ2) is 7.59. The third-order valence-corrected chi connectivity index (χ3v) is 4.43. The number of aromatic nitrogens is 4. The Morgan fingerprint density at radius 2 is 1.83 bits per heavy atom. The molecule has 8 nitrogen and oxygen atoms in total. The quantitative estimate of drug-likeness (QED) is 0.543. The normalized spacial score (nSPS) is 10.8.